The van der Waals surface area contributed by atoms with Crippen molar-refractivity contribution in [1.29, 1.82) is 5.26 Å². The standard InChI is InChI=1S/C17H12N2O4/c18-11-12-5-7-13(8-6-12)23-15-4-2-1-3-14(15)19-16(20)9-10-17(21)22/h1-10H,(H,19,20)(H,21,22)/b10-9-. The van der Waals surface area contributed by atoms with Gasteiger partial charge in [0.05, 0.1) is 17.3 Å². The number of nitrogens with zero attached hydrogens (tertiary/aromatic N) is 1. The molecular formula is C17H12N2O4. The number of carboxylic acid groups (broad SMARTS) is 1. The zero-order valence-electron chi connectivity index (χ0n) is 11.9. The molecule has 0 radical (unpaired) electrons. The Morgan fingerprint density at radius 2 is 1.78 bits per heavy atom. The van der Waals surface area contributed by atoms with Crippen molar-refractivity contribution in [2.75, 3.05) is 5.32 Å². The Hall–Kier alpha value is -3.59. The summed E-state index contributed by atoms with van der Waals surface area (Å²) in [5.74, 6) is -0.883. The van der Waals surface area contributed by atoms with Gasteiger partial charge in [0.2, 0.25) is 5.91 Å². The minimum absolute atomic E-state index is 0.397. The van der Waals surface area contributed by atoms with Gasteiger partial charge in [-0.3, -0.25) is 4.79 Å². The monoisotopic (exact) mass is 308 g/mol. The number of carbonyl (C=O) groups excluding carboxylic acids is 1. The van der Waals surface area contributed by atoms with E-state index in [9.17, 15) is 9.59 Å². The lowest BCUT2D eigenvalue weighted by atomic mass is 10.2. The highest BCUT2D eigenvalue weighted by molar-refractivity contribution is 6.03. The number of nitrogens with one attached hydrogen (secondary N) is 1. The third kappa shape index (κ3) is 4.72. The number of carboxylic acids is 1. The molecule has 0 bridgehead atoms. The first-order valence-corrected chi connectivity index (χ1v) is 6.57. The van der Waals surface area contributed by atoms with Crippen LogP contribution in [-0.2, 0) is 9.59 Å². The van der Waals surface area contributed by atoms with Gasteiger partial charge in [0.25, 0.3) is 0 Å². The maximum Gasteiger partial charge on any atom is 0.328 e. The summed E-state index contributed by atoms with van der Waals surface area (Å²) in [4.78, 5) is 22.1. The quantitative estimate of drug-likeness (QED) is 0.827. The minimum atomic E-state index is -1.21. The summed E-state index contributed by atoms with van der Waals surface area (Å²) in [6.07, 6.45) is 1.67. The molecule has 6 heteroatoms. The van der Waals surface area contributed by atoms with Gasteiger partial charge < -0.3 is 15.2 Å². The van der Waals surface area contributed by atoms with Crippen LogP contribution < -0.4 is 10.1 Å². The fourth-order valence-corrected chi connectivity index (χ4v) is 1.70. The number of amides is 1. The molecule has 6 nitrogen and oxygen atoms in total. The van der Waals surface area contributed by atoms with Crippen LogP contribution in [-0.4, -0.2) is 17.0 Å². The van der Waals surface area contributed by atoms with Gasteiger partial charge in [-0.2, -0.15) is 5.26 Å². The van der Waals surface area contributed by atoms with Gasteiger partial charge in [0, 0.05) is 12.2 Å². The predicted octanol–water partition coefficient (Wildman–Crippen LogP) is 2.93. The van der Waals surface area contributed by atoms with Gasteiger partial charge in [-0.1, -0.05) is 12.1 Å². The van der Waals surface area contributed by atoms with Gasteiger partial charge >= 0.3 is 5.97 Å². The highest BCUT2D eigenvalue weighted by Gasteiger charge is 2.07. The van der Waals surface area contributed by atoms with Crippen molar-refractivity contribution >= 4 is 17.6 Å². The van der Waals surface area contributed by atoms with Crippen LogP contribution in [0, 0.1) is 11.3 Å². The lowest BCUT2D eigenvalue weighted by Gasteiger charge is -2.11. The molecule has 0 saturated heterocycles. The number of carbonyl (C=O) groups is 2. The second-order valence-electron chi connectivity index (χ2n) is 4.40. The molecular weight excluding hydrogens is 296 g/mol. The van der Waals surface area contributed by atoms with Crippen LogP contribution >= 0.6 is 0 Å². The molecule has 0 spiro atoms. The minimum Gasteiger partial charge on any atom is -0.478 e. The normalized spacial score (nSPS) is 10.0. The van der Waals surface area contributed by atoms with Crippen LogP contribution in [0.5, 0.6) is 11.5 Å². The molecule has 0 heterocycles. The molecule has 1 amide bonds. The van der Waals surface area contributed by atoms with E-state index in [1.807, 2.05) is 6.07 Å². The van der Waals surface area contributed by atoms with Crippen molar-refractivity contribution in [2.45, 2.75) is 0 Å². The summed E-state index contributed by atoms with van der Waals surface area (Å²) in [5.41, 5.74) is 0.912. The Morgan fingerprint density at radius 3 is 2.43 bits per heavy atom. The molecule has 2 aromatic carbocycles. The van der Waals surface area contributed by atoms with Crippen LogP contribution in [0.2, 0.25) is 0 Å². The fourth-order valence-electron chi connectivity index (χ4n) is 1.70. The molecule has 114 valence electrons. The Labute approximate surface area is 132 Å². The number of rotatable bonds is 5. The van der Waals surface area contributed by atoms with E-state index in [0.29, 0.717) is 22.7 Å². The van der Waals surface area contributed by atoms with Crippen LogP contribution in [0.1, 0.15) is 5.56 Å². The molecule has 0 aliphatic heterocycles. The Morgan fingerprint density at radius 1 is 1.09 bits per heavy atom. The van der Waals surface area contributed by atoms with Crippen molar-refractivity contribution in [3.63, 3.8) is 0 Å². The molecule has 0 unspecified atom stereocenters. The topological polar surface area (TPSA) is 99.4 Å². The van der Waals surface area contributed by atoms with Gasteiger partial charge in [0.15, 0.2) is 5.75 Å². The van der Waals surface area contributed by atoms with Crippen molar-refractivity contribution < 1.29 is 19.4 Å². The van der Waals surface area contributed by atoms with E-state index >= 15 is 0 Å². The molecule has 0 saturated carbocycles. The van der Waals surface area contributed by atoms with E-state index in [0.717, 1.165) is 12.2 Å². The molecule has 2 rings (SSSR count). The fraction of sp³-hybridized carbons (Fsp3) is 0. The number of para-hydroxylation sites is 2. The summed E-state index contributed by atoms with van der Waals surface area (Å²) in [7, 11) is 0. The molecule has 23 heavy (non-hydrogen) atoms. The average Bonchev–Trinajstić information content (AvgIpc) is 2.55. The zero-order valence-corrected chi connectivity index (χ0v) is 11.9. The lowest BCUT2D eigenvalue weighted by Crippen LogP contribution is -2.09. The molecule has 0 aliphatic rings. The average molecular weight is 308 g/mol. The third-order valence-corrected chi connectivity index (χ3v) is 2.73. The first-order chi connectivity index (χ1) is 11.1. The molecule has 0 aliphatic carbocycles. The van der Waals surface area contributed by atoms with E-state index in [4.69, 9.17) is 15.1 Å². The second-order valence-corrected chi connectivity index (χ2v) is 4.40. The van der Waals surface area contributed by atoms with E-state index in [1.165, 1.54) is 0 Å². The smallest absolute Gasteiger partial charge is 0.328 e. The second kappa shape index (κ2) is 7.43. The Balaban J connectivity index is 2.15. The first-order valence-electron chi connectivity index (χ1n) is 6.57. The summed E-state index contributed by atoms with van der Waals surface area (Å²) in [5, 5.41) is 19.8. The van der Waals surface area contributed by atoms with E-state index in [2.05, 4.69) is 5.32 Å². The van der Waals surface area contributed by atoms with Crippen LogP contribution in [0.15, 0.2) is 60.7 Å². The number of ether oxygens (including phenoxy) is 1. The number of nitriles is 1. The summed E-state index contributed by atoms with van der Waals surface area (Å²) < 4.78 is 5.67. The number of aliphatic carboxylic acids is 1. The highest BCUT2D eigenvalue weighted by Crippen LogP contribution is 2.29. The van der Waals surface area contributed by atoms with Crippen molar-refractivity contribution in [2.24, 2.45) is 0 Å². The maximum atomic E-state index is 11.7. The number of hydrogen-bond donors (Lipinski definition) is 2. The van der Waals surface area contributed by atoms with E-state index in [1.54, 1.807) is 48.5 Å². The Bertz CT molecular complexity index is 789. The third-order valence-electron chi connectivity index (χ3n) is 2.73. The SMILES string of the molecule is N#Cc1ccc(Oc2ccccc2NC(=O)/C=C\C(=O)O)cc1. The van der Waals surface area contributed by atoms with Gasteiger partial charge in [0.1, 0.15) is 5.75 Å². The molecule has 0 atom stereocenters. The molecule has 0 fully saturated rings. The predicted molar refractivity (Wildman–Crippen MR) is 83.1 cm³/mol. The van der Waals surface area contributed by atoms with Crippen molar-refractivity contribution in [1.82, 2.24) is 0 Å². The maximum absolute atomic E-state index is 11.7. The summed E-state index contributed by atoms with van der Waals surface area (Å²) in [6, 6.07) is 15.3. The number of hydrogen-bond acceptors (Lipinski definition) is 4. The summed E-state index contributed by atoms with van der Waals surface area (Å²) >= 11 is 0. The van der Waals surface area contributed by atoms with Crippen LogP contribution in [0.4, 0.5) is 5.69 Å². The highest BCUT2D eigenvalue weighted by atomic mass is 16.5. The van der Waals surface area contributed by atoms with E-state index < -0.39 is 11.9 Å². The van der Waals surface area contributed by atoms with Gasteiger partial charge in [-0.25, -0.2) is 4.79 Å². The van der Waals surface area contributed by atoms with Crippen LogP contribution in [0.3, 0.4) is 0 Å². The van der Waals surface area contributed by atoms with Crippen LogP contribution in [0.25, 0.3) is 0 Å². The van der Waals surface area contributed by atoms with Crippen molar-refractivity contribution in [3.8, 4) is 17.6 Å². The number of benzene rings is 2. The zero-order chi connectivity index (χ0) is 16.7. The molecule has 2 aromatic rings. The van der Waals surface area contributed by atoms with Gasteiger partial charge in [-0.15, -0.1) is 0 Å². The molecule has 2 N–H and O–H groups in total. The van der Waals surface area contributed by atoms with E-state index in [-0.39, 0.29) is 0 Å². The summed E-state index contributed by atoms with van der Waals surface area (Å²) in [6.45, 7) is 0. The number of anilines is 1. The Kier molecular flexibility index (Phi) is 5.10. The molecule has 0 aromatic heterocycles. The lowest BCUT2D eigenvalue weighted by molar-refractivity contribution is -0.131. The first kappa shape index (κ1) is 15.8. The largest absolute Gasteiger partial charge is 0.478 e. The van der Waals surface area contributed by atoms with Crippen molar-refractivity contribution in [3.05, 3.63) is 66.2 Å². The van der Waals surface area contributed by atoms with Gasteiger partial charge in [-0.05, 0) is 36.4 Å².